The summed E-state index contributed by atoms with van der Waals surface area (Å²) in [6, 6.07) is -1.29. The third kappa shape index (κ3) is 4.76. The molecular formula is C24H35N5O7S. The normalized spacial score (nSPS) is 38.1. The third-order valence-corrected chi connectivity index (χ3v) is 9.78. The van der Waals surface area contributed by atoms with Crippen molar-refractivity contribution in [2.45, 2.75) is 74.7 Å². The van der Waals surface area contributed by atoms with Gasteiger partial charge in [-0.3, -0.25) is 14.4 Å². The van der Waals surface area contributed by atoms with E-state index in [1.165, 1.54) is 16.7 Å². The highest BCUT2D eigenvalue weighted by atomic mass is 32.2. The molecule has 12 nitrogen and oxygen atoms in total. The Bertz CT molecular complexity index is 1020. The molecule has 3 amide bonds. The maximum absolute atomic E-state index is 13.2. The van der Waals surface area contributed by atoms with Crippen molar-refractivity contribution in [2.75, 3.05) is 26.2 Å². The van der Waals surface area contributed by atoms with Gasteiger partial charge in [0.2, 0.25) is 17.7 Å². The first-order valence-electron chi connectivity index (χ1n) is 13.0. The lowest BCUT2D eigenvalue weighted by atomic mass is 9.79. The number of carbonyl (C=O) groups is 4. The number of fused-ring (bicyclic) bond motifs is 1. The summed E-state index contributed by atoms with van der Waals surface area (Å²) >= 11 is 1.42. The number of nitrogens with one attached hydrogen (secondary N) is 3. The number of thioether (sulfide) groups is 1. The predicted molar refractivity (Wildman–Crippen MR) is 133 cm³/mol. The summed E-state index contributed by atoms with van der Waals surface area (Å²) in [5, 5.41) is 38.7. The molecule has 0 aromatic heterocycles. The van der Waals surface area contributed by atoms with Crippen molar-refractivity contribution in [3.63, 3.8) is 0 Å². The average Bonchev–Trinajstić information content (AvgIpc) is 3.61. The van der Waals surface area contributed by atoms with E-state index < -0.39 is 36.2 Å². The van der Waals surface area contributed by atoms with Gasteiger partial charge in [0.1, 0.15) is 5.70 Å². The summed E-state index contributed by atoms with van der Waals surface area (Å²) in [5.74, 6) is -2.50. The summed E-state index contributed by atoms with van der Waals surface area (Å²) in [6.07, 6.45) is 0.221. The van der Waals surface area contributed by atoms with Gasteiger partial charge in [0.15, 0.2) is 0 Å². The molecule has 0 saturated carbocycles. The number of hydrogen-bond acceptors (Lipinski definition) is 9. The minimum absolute atomic E-state index is 0.00146. The van der Waals surface area contributed by atoms with Gasteiger partial charge in [0.05, 0.1) is 36.3 Å². The molecule has 0 bridgehead atoms. The van der Waals surface area contributed by atoms with Crippen LogP contribution in [0.15, 0.2) is 10.6 Å². The van der Waals surface area contributed by atoms with E-state index in [0.717, 1.165) is 0 Å². The second kappa shape index (κ2) is 10.2. The minimum atomic E-state index is -1.15. The van der Waals surface area contributed by atoms with E-state index in [2.05, 4.69) is 16.0 Å². The lowest BCUT2D eigenvalue weighted by molar-refractivity contribution is -0.163. The summed E-state index contributed by atoms with van der Waals surface area (Å²) in [6.45, 7) is 5.36. The number of hydrogen-bond donors (Lipinski definition) is 6. The van der Waals surface area contributed by atoms with Crippen LogP contribution in [0, 0.1) is 11.8 Å². The molecule has 37 heavy (non-hydrogen) atoms. The van der Waals surface area contributed by atoms with Gasteiger partial charge in [-0.1, -0.05) is 6.92 Å². The molecule has 13 heteroatoms. The molecule has 0 radical (unpaired) electrons. The average molecular weight is 538 g/mol. The highest BCUT2D eigenvalue weighted by molar-refractivity contribution is 8.03. The summed E-state index contributed by atoms with van der Waals surface area (Å²) in [4.78, 5) is 53.9. The molecular weight excluding hydrogens is 502 g/mol. The van der Waals surface area contributed by atoms with Crippen LogP contribution in [-0.2, 0) is 19.2 Å². The fourth-order valence-electron chi connectivity index (χ4n) is 6.36. The second-order valence-electron chi connectivity index (χ2n) is 10.8. The van der Waals surface area contributed by atoms with Crippen molar-refractivity contribution in [3.05, 3.63) is 10.6 Å². The van der Waals surface area contributed by atoms with Gasteiger partial charge in [-0.2, -0.15) is 0 Å². The summed E-state index contributed by atoms with van der Waals surface area (Å²) in [5.41, 5.74) is 0.00146. The van der Waals surface area contributed by atoms with Crippen molar-refractivity contribution < 1.29 is 34.5 Å². The van der Waals surface area contributed by atoms with Crippen LogP contribution in [0.4, 0.5) is 0 Å². The Labute approximate surface area is 219 Å². The van der Waals surface area contributed by atoms with Crippen molar-refractivity contribution in [1.82, 2.24) is 25.8 Å². The molecule has 4 fully saturated rings. The molecule has 5 heterocycles. The zero-order valence-corrected chi connectivity index (χ0v) is 21.7. The molecule has 0 spiro atoms. The van der Waals surface area contributed by atoms with Gasteiger partial charge in [-0.15, -0.1) is 11.8 Å². The predicted octanol–water partition coefficient (Wildman–Crippen LogP) is -1.96. The van der Waals surface area contributed by atoms with E-state index in [-0.39, 0.29) is 46.7 Å². The summed E-state index contributed by atoms with van der Waals surface area (Å²) < 4.78 is 0. The number of β-amino-alcohol motifs (C(OH)–C–C–N with tert-alkyl or cyclic N) is 1. The van der Waals surface area contributed by atoms with E-state index in [1.807, 2.05) is 6.92 Å². The van der Waals surface area contributed by atoms with Crippen LogP contribution in [-0.4, -0.2) is 117 Å². The number of nitrogens with zero attached hydrogens (tertiary/aromatic N) is 2. The topological polar surface area (TPSA) is 172 Å². The van der Waals surface area contributed by atoms with Crippen LogP contribution in [0.3, 0.4) is 0 Å². The first-order chi connectivity index (χ1) is 17.6. The molecule has 5 aliphatic rings. The Morgan fingerprint density at radius 1 is 1.16 bits per heavy atom. The largest absolute Gasteiger partial charge is 0.477 e. The molecule has 0 aliphatic carbocycles. The number of likely N-dealkylation sites (tertiary alicyclic amines) is 1. The Morgan fingerprint density at radius 3 is 2.54 bits per heavy atom. The lowest BCUT2D eigenvalue weighted by Crippen LogP contribution is -2.63. The molecule has 5 aliphatic heterocycles. The van der Waals surface area contributed by atoms with E-state index >= 15 is 0 Å². The number of aliphatic hydroxyl groups is 2. The number of carboxylic acid groups (broad SMARTS) is 1. The third-order valence-electron chi connectivity index (χ3n) is 8.26. The van der Waals surface area contributed by atoms with Crippen molar-refractivity contribution >= 4 is 35.5 Å². The number of amides is 3. The highest BCUT2D eigenvalue weighted by Gasteiger charge is 2.60. The van der Waals surface area contributed by atoms with E-state index in [1.54, 1.807) is 11.8 Å². The van der Waals surface area contributed by atoms with Gasteiger partial charge in [-0.05, 0) is 26.2 Å². The number of aliphatic carboxylic acids is 1. The van der Waals surface area contributed by atoms with Crippen LogP contribution in [0.1, 0.15) is 33.1 Å². The molecule has 4 saturated heterocycles. The molecule has 204 valence electrons. The molecule has 9 atom stereocenters. The van der Waals surface area contributed by atoms with E-state index in [0.29, 0.717) is 50.3 Å². The molecule has 5 rings (SSSR count). The Balaban J connectivity index is 1.16. The quantitative estimate of drug-likeness (QED) is 0.200. The fraction of sp³-hybridized carbons (Fsp3) is 0.750. The standard InChI is InChI=1S/C24H35N5O7S/c1-10-18-17(11(2)30)23(34)29(18)19(24(35)36)20(10)37-14-6-16(26-8-14)22(33)28-4-3-12(9-28)27-21(32)15-5-13(31)7-25-15/h10-18,25-26,30-31H,3-9H2,1-2H3,(H,27,32)(H,35,36)/t10-,11-,12+,13-,14+,15+,16+,17-,18-/m1/s1. The number of carboxylic acids is 1. The lowest BCUT2D eigenvalue weighted by Gasteiger charge is -2.46. The summed E-state index contributed by atoms with van der Waals surface area (Å²) in [7, 11) is 0. The number of carbonyl (C=O) groups excluding carboxylic acids is 3. The van der Waals surface area contributed by atoms with Gasteiger partial charge < -0.3 is 41.1 Å². The molecule has 0 aromatic carbocycles. The van der Waals surface area contributed by atoms with Crippen molar-refractivity contribution in [1.29, 1.82) is 0 Å². The first-order valence-corrected chi connectivity index (χ1v) is 13.8. The maximum Gasteiger partial charge on any atom is 0.353 e. The van der Waals surface area contributed by atoms with Crippen LogP contribution < -0.4 is 16.0 Å². The monoisotopic (exact) mass is 537 g/mol. The maximum atomic E-state index is 13.2. The Hall–Kier alpha value is -2.19. The number of β-lactam (4-membered cyclic amide) rings is 1. The van der Waals surface area contributed by atoms with Crippen LogP contribution in [0.2, 0.25) is 0 Å². The zero-order chi connectivity index (χ0) is 26.6. The van der Waals surface area contributed by atoms with Gasteiger partial charge >= 0.3 is 5.97 Å². The zero-order valence-electron chi connectivity index (χ0n) is 20.9. The van der Waals surface area contributed by atoms with Crippen LogP contribution in [0.5, 0.6) is 0 Å². The number of aliphatic hydroxyl groups excluding tert-OH is 2. The molecule has 0 aromatic rings. The Morgan fingerprint density at radius 2 is 1.89 bits per heavy atom. The van der Waals surface area contributed by atoms with E-state index in [9.17, 15) is 34.5 Å². The van der Waals surface area contributed by atoms with E-state index in [4.69, 9.17) is 0 Å². The molecule has 6 N–H and O–H groups in total. The SMILES string of the molecule is C[C@@H](O)[C@H]1C(=O)N2C(C(=O)O)=C(S[C@@H]3CN[C@H](C(=O)N4CC[C@H](NC(=O)[C@@H]5C[C@@H](O)CN5)C4)C3)[C@H](C)[C@H]12. The number of rotatable bonds is 7. The van der Waals surface area contributed by atoms with Crippen molar-refractivity contribution in [2.24, 2.45) is 11.8 Å². The Kier molecular flexibility index (Phi) is 7.26. The highest BCUT2D eigenvalue weighted by Crippen LogP contribution is 2.51. The minimum Gasteiger partial charge on any atom is -0.477 e. The van der Waals surface area contributed by atoms with Crippen LogP contribution in [0.25, 0.3) is 0 Å². The van der Waals surface area contributed by atoms with Crippen LogP contribution >= 0.6 is 11.8 Å². The second-order valence-corrected chi connectivity index (χ2v) is 12.2. The van der Waals surface area contributed by atoms with Gasteiger partial charge in [0, 0.05) is 48.3 Å². The van der Waals surface area contributed by atoms with Gasteiger partial charge in [-0.25, -0.2) is 4.79 Å². The van der Waals surface area contributed by atoms with Crippen molar-refractivity contribution in [3.8, 4) is 0 Å². The fourth-order valence-corrected chi connectivity index (χ4v) is 7.84. The first kappa shape index (κ1) is 26.4. The smallest absolute Gasteiger partial charge is 0.353 e. The van der Waals surface area contributed by atoms with Gasteiger partial charge in [0.25, 0.3) is 0 Å². The molecule has 0 unspecified atom stereocenters.